The predicted molar refractivity (Wildman–Crippen MR) is 93.4 cm³/mol. The minimum absolute atomic E-state index is 0.305. The second-order valence-electron chi connectivity index (χ2n) is 7.17. The Hall–Kier alpha value is -1.66. The van der Waals surface area contributed by atoms with Gasteiger partial charge in [0.05, 0.1) is 23.3 Å². The van der Waals surface area contributed by atoms with Crippen molar-refractivity contribution in [1.29, 1.82) is 0 Å². The Morgan fingerprint density at radius 1 is 1.21 bits per heavy atom. The van der Waals surface area contributed by atoms with Gasteiger partial charge in [-0.15, -0.1) is 0 Å². The first kappa shape index (κ1) is 15.8. The Balaban J connectivity index is 1.51. The third-order valence-electron chi connectivity index (χ3n) is 5.21. The minimum atomic E-state index is -3.17. The molecule has 128 valence electrons. The lowest BCUT2D eigenvalue weighted by Gasteiger charge is -2.35. The fraction of sp³-hybridized carbons (Fsp3) is 0.500. The third-order valence-corrected chi connectivity index (χ3v) is 7.20. The minimum Gasteiger partial charge on any atom is -0.237 e. The number of sulfonamides is 1. The Labute approximate surface area is 143 Å². The molecule has 0 amide bonds. The van der Waals surface area contributed by atoms with E-state index in [4.69, 9.17) is 0 Å². The first-order chi connectivity index (χ1) is 11.5. The third kappa shape index (κ3) is 2.89. The van der Waals surface area contributed by atoms with Gasteiger partial charge in [0.15, 0.2) is 0 Å². The van der Waals surface area contributed by atoms with E-state index in [1.165, 1.54) is 0 Å². The monoisotopic (exact) mass is 345 g/mol. The molecule has 0 radical (unpaired) electrons. The average molecular weight is 345 g/mol. The Morgan fingerprint density at radius 3 is 2.67 bits per heavy atom. The molecule has 1 aromatic heterocycles. The summed E-state index contributed by atoms with van der Waals surface area (Å²) < 4.78 is 28.9. The molecular weight excluding hydrogens is 322 g/mol. The van der Waals surface area contributed by atoms with Gasteiger partial charge in [-0.3, -0.25) is 0 Å². The molecule has 1 aliphatic heterocycles. The standard InChI is InChI=1S/C18H23N3O2S/c1-14-9-15(10-14)13-24(22,23)20-8-7-18-16(12-20)11-19-21(18)17-5-3-2-4-6-17/h2-6,11,14-15H,7-10,12-13H2,1H3. The smallest absolute Gasteiger partial charge is 0.214 e. The van der Waals surface area contributed by atoms with E-state index in [9.17, 15) is 8.42 Å². The molecule has 2 heterocycles. The molecule has 1 fully saturated rings. The van der Waals surface area contributed by atoms with Crippen LogP contribution in [0.15, 0.2) is 36.5 Å². The summed E-state index contributed by atoms with van der Waals surface area (Å²) in [7, 11) is -3.17. The molecule has 24 heavy (non-hydrogen) atoms. The van der Waals surface area contributed by atoms with Crippen LogP contribution >= 0.6 is 0 Å². The number of nitrogens with zero attached hydrogens (tertiary/aromatic N) is 3. The van der Waals surface area contributed by atoms with E-state index >= 15 is 0 Å². The van der Waals surface area contributed by atoms with Crippen molar-refractivity contribution in [1.82, 2.24) is 14.1 Å². The van der Waals surface area contributed by atoms with Crippen LogP contribution in [0.5, 0.6) is 0 Å². The summed E-state index contributed by atoms with van der Waals surface area (Å²) in [5, 5.41) is 4.48. The van der Waals surface area contributed by atoms with E-state index in [-0.39, 0.29) is 0 Å². The number of hydrogen-bond donors (Lipinski definition) is 0. The number of benzene rings is 1. The lowest BCUT2D eigenvalue weighted by atomic mass is 9.77. The van der Waals surface area contributed by atoms with Crippen molar-refractivity contribution in [2.24, 2.45) is 11.8 Å². The Morgan fingerprint density at radius 2 is 1.96 bits per heavy atom. The van der Waals surface area contributed by atoms with Crippen molar-refractivity contribution in [3.63, 3.8) is 0 Å². The zero-order valence-corrected chi connectivity index (χ0v) is 14.7. The number of aromatic nitrogens is 2. The Bertz CT molecular complexity index is 823. The van der Waals surface area contributed by atoms with Crippen LogP contribution < -0.4 is 0 Å². The van der Waals surface area contributed by atoms with E-state index < -0.39 is 10.0 Å². The van der Waals surface area contributed by atoms with Gasteiger partial charge in [0.2, 0.25) is 10.0 Å². The molecule has 1 aliphatic carbocycles. The van der Waals surface area contributed by atoms with Crippen LogP contribution in [0.1, 0.15) is 31.0 Å². The van der Waals surface area contributed by atoms with Gasteiger partial charge in [-0.1, -0.05) is 25.1 Å². The van der Waals surface area contributed by atoms with E-state index in [1.807, 2.05) is 41.2 Å². The summed E-state index contributed by atoms with van der Waals surface area (Å²) in [6.45, 7) is 3.19. The van der Waals surface area contributed by atoms with Gasteiger partial charge in [0, 0.05) is 25.1 Å². The number of para-hydroxylation sites is 1. The maximum Gasteiger partial charge on any atom is 0.214 e. The molecule has 4 rings (SSSR count). The van der Waals surface area contributed by atoms with Gasteiger partial charge >= 0.3 is 0 Å². The molecule has 0 N–H and O–H groups in total. The second kappa shape index (κ2) is 6.01. The van der Waals surface area contributed by atoms with Crippen LogP contribution in [0, 0.1) is 11.8 Å². The summed E-state index contributed by atoms with van der Waals surface area (Å²) in [4.78, 5) is 0. The number of fused-ring (bicyclic) bond motifs is 1. The first-order valence-electron chi connectivity index (χ1n) is 8.62. The van der Waals surface area contributed by atoms with E-state index in [0.29, 0.717) is 37.1 Å². The van der Waals surface area contributed by atoms with Crippen molar-refractivity contribution in [3.05, 3.63) is 47.8 Å². The lowest BCUT2D eigenvalue weighted by molar-refractivity contribution is 0.231. The zero-order valence-electron chi connectivity index (χ0n) is 13.9. The van der Waals surface area contributed by atoms with Crippen LogP contribution in [0.3, 0.4) is 0 Å². The van der Waals surface area contributed by atoms with Gasteiger partial charge in [0.1, 0.15) is 0 Å². The fourth-order valence-corrected chi connectivity index (χ4v) is 5.73. The van der Waals surface area contributed by atoms with E-state index in [0.717, 1.165) is 29.8 Å². The zero-order chi connectivity index (χ0) is 16.7. The van der Waals surface area contributed by atoms with Crippen molar-refractivity contribution < 1.29 is 8.42 Å². The van der Waals surface area contributed by atoms with Crippen LogP contribution in [0.25, 0.3) is 5.69 Å². The topological polar surface area (TPSA) is 55.2 Å². The Kier molecular flexibility index (Phi) is 3.96. The molecule has 1 saturated carbocycles. The molecule has 5 nitrogen and oxygen atoms in total. The first-order valence-corrected chi connectivity index (χ1v) is 10.2. The quantitative estimate of drug-likeness (QED) is 0.856. The molecule has 2 aromatic rings. The molecule has 0 bridgehead atoms. The summed E-state index contributed by atoms with van der Waals surface area (Å²) >= 11 is 0. The van der Waals surface area contributed by atoms with Crippen LogP contribution in [0.2, 0.25) is 0 Å². The van der Waals surface area contributed by atoms with E-state index in [1.54, 1.807) is 4.31 Å². The van der Waals surface area contributed by atoms with Gasteiger partial charge < -0.3 is 0 Å². The highest BCUT2D eigenvalue weighted by Gasteiger charge is 2.35. The molecule has 0 atom stereocenters. The highest BCUT2D eigenvalue weighted by Crippen LogP contribution is 2.35. The summed E-state index contributed by atoms with van der Waals surface area (Å²) in [6, 6.07) is 10.0. The van der Waals surface area contributed by atoms with Crippen LogP contribution in [-0.4, -0.2) is 34.8 Å². The van der Waals surface area contributed by atoms with Gasteiger partial charge in [-0.05, 0) is 36.8 Å². The number of hydrogen-bond acceptors (Lipinski definition) is 3. The molecule has 1 aromatic carbocycles. The SMILES string of the molecule is CC1CC(CS(=O)(=O)N2CCc3c(cnn3-c3ccccc3)C2)C1. The van der Waals surface area contributed by atoms with Crippen molar-refractivity contribution >= 4 is 10.0 Å². The average Bonchev–Trinajstić information content (AvgIpc) is 2.97. The second-order valence-corrected chi connectivity index (χ2v) is 9.18. The van der Waals surface area contributed by atoms with E-state index in [2.05, 4.69) is 12.0 Å². The maximum absolute atomic E-state index is 12.7. The van der Waals surface area contributed by atoms with Crippen molar-refractivity contribution in [2.45, 2.75) is 32.7 Å². The van der Waals surface area contributed by atoms with Gasteiger partial charge in [-0.25, -0.2) is 13.1 Å². The molecule has 0 saturated heterocycles. The summed E-state index contributed by atoms with van der Waals surface area (Å²) in [6.07, 6.45) is 4.62. The highest BCUT2D eigenvalue weighted by molar-refractivity contribution is 7.89. The number of rotatable bonds is 4. The van der Waals surface area contributed by atoms with Gasteiger partial charge in [-0.2, -0.15) is 9.40 Å². The molecule has 2 aliphatic rings. The van der Waals surface area contributed by atoms with Crippen molar-refractivity contribution in [2.75, 3.05) is 12.3 Å². The normalized spacial score (nSPS) is 24.4. The summed E-state index contributed by atoms with van der Waals surface area (Å²) in [5.41, 5.74) is 3.18. The summed E-state index contributed by atoms with van der Waals surface area (Å²) in [5.74, 6) is 1.33. The highest BCUT2D eigenvalue weighted by atomic mass is 32.2. The lowest BCUT2D eigenvalue weighted by Crippen LogP contribution is -2.41. The van der Waals surface area contributed by atoms with Gasteiger partial charge in [0.25, 0.3) is 0 Å². The molecule has 0 spiro atoms. The fourth-order valence-electron chi connectivity index (χ4n) is 3.94. The van der Waals surface area contributed by atoms with Crippen molar-refractivity contribution in [3.8, 4) is 5.69 Å². The largest absolute Gasteiger partial charge is 0.237 e. The van der Waals surface area contributed by atoms with Crippen LogP contribution in [-0.2, 0) is 23.0 Å². The molecule has 0 unspecified atom stereocenters. The van der Waals surface area contributed by atoms with Crippen LogP contribution in [0.4, 0.5) is 0 Å². The maximum atomic E-state index is 12.7. The molecule has 6 heteroatoms. The predicted octanol–water partition coefficient (Wildman–Crippen LogP) is 2.61. The molecular formula is C18H23N3O2S.